The highest BCUT2D eigenvalue weighted by atomic mass is 32.2. The van der Waals surface area contributed by atoms with E-state index in [2.05, 4.69) is 29.1 Å². The molecule has 3 rings (SSSR count). The Kier molecular flexibility index (Phi) is 7.41. The maximum Gasteiger partial charge on any atom is 0.332 e. The second-order valence-corrected chi connectivity index (χ2v) is 9.92. The number of anilines is 1. The fourth-order valence-corrected chi connectivity index (χ4v) is 4.59. The predicted octanol–water partition coefficient (Wildman–Crippen LogP) is 3.62. The average Bonchev–Trinajstić information content (AvgIpc) is 2.74. The highest BCUT2D eigenvalue weighted by Gasteiger charge is 2.20. The maximum atomic E-state index is 13.0. The number of aromatic nitrogens is 4. The second kappa shape index (κ2) is 9.91. The molecule has 0 aliphatic carbocycles. The summed E-state index contributed by atoms with van der Waals surface area (Å²) in [6, 6.07) is 5.96. The van der Waals surface area contributed by atoms with Gasteiger partial charge in [0.15, 0.2) is 5.65 Å². The number of carbonyl (C=O) groups is 1. The van der Waals surface area contributed by atoms with Crippen molar-refractivity contribution in [1.82, 2.24) is 19.1 Å². The number of nitrogens with zero attached hydrogens (tertiary/aromatic N) is 4. The number of para-hydroxylation sites is 1. The van der Waals surface area contributed by atoms with Crippen LogP contribution in [0.25, 0.3) is 11.0 Å². The smallest absolute Gasteiger partial charge is 0.325 e. The Morgan fingerprint density at radius 1 is 1.12 bits per heavy atom. The molecule has 1 amide bonds. The summed E-state index contributed by atoms with van der Waals surface area (Å²) in [5.74, 6) is 0.778. The number of fused-ring (bicyclic) bond motifs is 1. The standard InChI is InChI=1S/C24H31N5O3S/c1-13(2)11-29-21-19(23(31)28(7)24(29)32)22(26-16(6)25-21)33-12-18(30)27-20-15(5)9-8-10-17(20)14(3)4/h8-10,13-14H,11-12H2,1-7H3,(H,27,30). The van der Waals surface area contributed by atoms with Crippen molar-refractivity contribution in [3.8, 4) is 0 Å². The van der Waals surface area contributed by atoms with Gasteiger partial charge in [0.25, 0.3) is 5.56 Å². The van der Waals surface area contributed by atoms with E-state index in [0.29, 0.717) is 23.0 Å². The van der Waals surface area contributed by atoms with Crippen LogP contribution in [-0.2, 0) is 18.4 Å². The van der Waals surface area contributed by atoms with Crippen LogP contribution < -0.4 is 16.6 Å². The van der Waals surface area contributed by atoms with Gasteiger partial charge in [-0.15, -0.1) is 0 Å². The van der Waals surface area contributed by atoms with Crippen LogP contribution in [0.4, 0.5) is 5.69 Å². The van der Waals surface area contributed by atoms with Crippen LogP contribution >= 0.6 is 11.8 Å². The summed E-state index contributed by atoms with van der Waals surface area (Å²) in [4.78, 5) is 47.4. The lowest BCUT2D eigenvalue weighted by Gasteiger charge is -2.17. The van der Waals surface area contributed by atoms with Gasteiger partial charge in [-0.05, 0) is 36.8 Å². The van der Waals surface area contributed by atoms with Crippen molar-refractivity contribution in [2.45, 2.75) is 59.0 Å². The third kappa shape index (κ3) is 5.19. The molecule has 0 spiro atoms. The molecule has 0 bridgehead atoms. The number of carbonyl (C=O) groups excluding carboxylic acids is 1. The van der Waals surface area contributed by atoms with Crippen LogP contribution in [0.2, 0.25) is 0 Å². The fraction of sp³-hybridized carbons (Fsp3) is 0.458. The van der Waals surface area contributed by atoms with Gasteiger partial charge in [0, 0.05) is 19.3 Å². The molecule has 0 aliphatic rings. The molecule has 33 heavy (non-hydrogen) atoms. The summed E-state index contributed by atoms with van der Waals surface area (Å²) < 4.78 is 2.60. The highest BCUT2D eigenvalue weighted by molar-refractivity contribution is 8.00. The van der Waals surface area contributed by atoms with Gasteiger partial charge in [-0.2, -0.15) is 0 Å². The Hall–Kier alpha value is -2.94. The van der Waals surface area contributed by atoms with Crippen LogP contribution in [0.3, 0.4) is 0 Å². The van der Waals surface area contributed by atoms with E-state index >= 15 is 0 Å². The van der Waals surface area contributed by atoms with Gasteiger partial charge in [0.2, 0.25) is 5.91 Å². The molecular weight excluding hydrogens is 438 g/mol. The van der Waals surface area contributed by atoms with Crippen LogP contribution in [-0.4, -0.2) is 30.8 Å². The Bertz CT molecular complexity index is 1320. The Labute approximate surface area is 197 Å². The highest BCUT2D eigenvalue weighted by Crippen LogP contribution is 2.28. The minimum absolute atomic E-state index is 0.0733. The third-order valence-electron chi connectivity index (χ3n) is 5.34. The monoisotopic (exact) mass is 469 g/mol. The van der Waals surface area contributed by atoms with E-state index < -0.39 is 11.2 Å². The van der Waals surface area contributed by atoms with Crippen molar-refractivity contribution in [2.75, 3.05) is 11.1 Å². The van der Waals surface area contributed by atoms with Crippen LogP contribution in [0.15, 0.2) is 32.8 Å². The summed E-state index contributed by atoms with van der Waals surface area (Å²) in [6.45, 7) is 12.3. The van der Waals surface area contributed by atoms with E-state index in [1.54, 1.807) is 6.92 Å². The Balaban J connectivity index is 1.98. The molecule has 8 nitrogen and oxygen atoms in total. The Morgan fingerprint density at radius 2 is 1.82 bits per heavy atom. The number of aryl methyl sites for hydroxylation is 2. The first-order valence-electron chi connectivity index (χ1n) is 11.0. The molecule has 2 aromatic heterocycles. The van der Waals surface area contributed by atoms with Gasteiger partial charge >= 0.3 is 5.69 Å². The number of amides is 1. The summed E-state index contributed by atoms with van der Waals surface area (Å²) >= 11 is 1.18. The maximum absolute atomic E-state index is 13.0. The van der Waals surface area contributed by atoms with E-state index in [0.717, 1.165) is 21.4 Å². The van der Waals surface area contributed by atoms with Gasteiger partial charge in [-0.3, -0.25) is 18.7 Å². The van der Waals surface area contributed by atoms with Gasteiger partial charge < -0.3 is 5.32 Å². The number of hydrogen-bond acceptors (Lipinski definition) is 6. The summed E-state index contributed by atoms with van der Waals surface area (Å²) in [5.41, 5.74) is 2.34. The molecule has 0 aliphatic heterocycles. The summed E-state index contributed by atoms with van der Waals surface area (Å²) in [5, 5.41) is 3.69. The lowest BCUT2D eigenvalue weighted by atomic mass is 9.98. The second-order valence-electron chi connectivity index (χ2n) is 8.96. The van der Waals surface area contributed by atoms with Crippen molar-refractivity contribution < 1.29 is 4.79 Å². The molecular formula is C24H31N5O3S. The first-order valence-corrected chi connectivity index (χ1v) is 12.0. The Morgan fingerprint density at radius 3 is 2.45 bits per heavy atom. The lowest BCUT2D eigenvalue weighted by Crippen LogP contribution is -2.39. The molecule has 0 radical (unpaired) electrons. The first kappa shape index (κ1) is 24.7. The van der Waals surface area contributed by atoms with Gasteiger partial charge in [-0.25, -0.2) is 14.8 Å². The zero-order valence-corrected chi connectivity index (χ0v) is 21.0. The molecule has 0 fully saturated rings. The van der Waals surface area contributed by atoms with E-state index in [-0.39, 0.29) is 28.9 Å². The average molecular weight is 470 g/mol. The molecule has 0 saturated heterocycles. The van der Waals surface area contributed by atoms with Crippen molar-refractivity contribution >= 4 is 34.4 Å². The van der Waals surface area contributed by atoms with Gasteiger partial charge in [-0.1, -0.05) is 57.7 Å². The van der Waals surface area contributed by atoms with Crippen molar-refractivity contribution in [2.24, 2.45) is 13.0 Å². The molecule has 2 heterocycles. The van der Waals surface area contributed by atoms with Crippen molar-refractivity contribution in [1.29, 1.82) is 0 Å². The number of rotatable bonds is 7. The number of benzene rings is 1. The van der Waals surface area contributed by atoms with E-state index in [1.165, 1.54) is 23.4 Å². The topological polar surface area (TPSA) is 98.9 Å². The lowest BCUT2D eigenvalue weighted by molar-refractivity contribution is -0.113. The fourth-order valence-electron chi connectivity index (χ4n) is 3.73. The SMILES string of the molecule is Cc1nc(SCC(=O)Nc2c(C)cccc2C(C)C)c2c(=O)n(C)c(=O)n(CC(C)C)c2n1. The number of nitrogens with one attached hydrogen (secondary N) is 1. The number of hydrogen-bond donors (Lipinski definition) is 1. The third-order valence-corrected chi connectivity index (χ3v) is 6.32. The van der Waals surface area contributed by atoms with E-state index in [1.807, 2.05) is 39.0 Å². The summed E-state index contributed by atoms with van der Waals surface area (Å²) in [6.07, 6.45) is 0. The van der Waals surface area contributed by atoms with E-state index in [4.69, 9.17) is 0 Å². The van der Waals surface area contributed by atoms with Crippen LogP contribution in [0.5, 0.6) is 0 Å². The minimum atomic E-state index is -0.459. The zero-order valence-electron chi connectivity index (χ0n) is 20.2. The van der Waals surface area contributed by atoms with E-state index in [9.17, 15) is 14.4 Å². The molecule has 0 unspecified atom stereocenters. The van der Waals surface area contributed by atoms with Crippen LogP contribution in [0.1, 0.15) is 50.6 Å². The molecule has 9 heteroatoms. The molecule has 176 valence electrons. The van der Waals surface area contributed by atoms with Crippen molar-refractivity contribution in [3.05, 3.63) is 56.0 Å². The zero-order chi connectivity index (χ0) is 24.4. The summed E-state index contributed by atoms with van der Waals surface area (Å²) in [7, 11) is 1.45. The molecule has 0 atom stereocenters. The molecule has 0 saturated carbocycles. The van der Waals surface area contributed by atoms with Gasteiger partial charge in [0.1, 0.15) is 16.2 Å². The quantitative estimate of drug-likeness (QED) is 0.419. The van der Waals surface area contributed by atoms with Gasteiger partial charge in [0.05, 0.1) is 5.75 Å². The molecule has 1 aromatic carbocycles. The number of thioether (sulfide) groups is 1. The first-order chi connectivity index (χ1) is 15.5. The predicted molar refractivity (Wildman–Crippen MR) is 133 cm³/mol. The minimum Gasteiger partial charge on any atom is -0.325 e. The van der Waals surface area contributed by atoms with Crippen molar-refractivity contribution in [3.63, 3.8) is 0 Å². The molecule has 1 N–H and O–H groups in total. The largest absolute Gasteiger partial charge is 0.332 e. The van der Waals surface area contributed by atoms with Crippen LogP contribution in [0, 0.1) is 19.8 Å². The molecule has 3 aromatic rings. The normalized spacial score (nSPS) is 11.5.